The molecule has 1 saturated heterocycles. The molecule has 2 aromatic rings. The number of ether oxygens (including phenoxy) is 2. The Hall–Kier alpha value is -2.15. The fourth-order valence-electron chi connectivity index (χ4n) is 2.23. The Bertz CT molecular complexity index is 600. The Morgan fingerprint density at radius 2 is 2.33 bits per heavy atom. The number of carbonyl (C=O) groups is 1. The van der Waals surface area contributed by atoms with Crippen molar-refractivity contribution in [3.63, 3.8) is 0 Å². The molecule has 7 heteroatoms. The van der Waals surface area contributed by atoms with E-state index < -0.39 is 0 Å². The van der Waals surface area contributed by atoms with Crippen molar-refractivity contribution >= 4 is 17.2 Å². The van der Waals surface area contributed by atoms with E-state index in [4.69, 9.17) is 9.47 Å². The molecular weight excluding hydrogens is 290 g/mol. The molecule has 1 amide bonds. The molecule has 0 N–H and O–H groups in total. The highest BCUT2D eigenvalue weighted by Crippen LogP contribution is 2.21. The van der Waals surface area contributed by atoms with Gasteiger partial charge in [0.2, 0.25) is 5.88 Å². The van der Waals surface area contributed by atoms with E-state index in [0.717, 1.165) is 6.42 Å². The van der Waals surface area contributed by atoms with Gasteiger partial charge < -0.3 is 14.4 Å². The number of aromatic nitrogens is 2. The second kappa shape index (κ2) is 6.09. The van der Waals surface area contributed by atoms with Gasteiger partial charge in [-0.05, 0) is 6.07 Å². The lowest BCUT2D eigenvalue weighted by Crippen LogP contribution is -2.31. The number of hydrogen-bond acceptors (Lipinski definition) is 6. The van der Waals surface area contributed by atoms with E-state index in [-0.39, 0.29) is 12.0 Å². The standard InChI is InChI=1S/C14H15N3O3S/c1-19-12-3-2-10(8-16-12)13(18)17-6-4-11(9-17)20-14-15-5-7-21-14/h2-3,5,7-8,11H,4,6,9H2,1H3. The monoisotopic (exact) mass is 305 g/mol. The van der Waals surface area contributed by atoms with E-state index in [2.05, 4.69) is 9.97 Å². The molecule has 0 saturated carbocycles. The highest BCUT2D eigenvalue weighted by molar-refractivity contribution is 7.11. The highest BCUT2D eigenvalue weighted by atomic mass is 32.1. The first kappa shape index (κ1) is 13.8. The molecule has 0 spiro atoms. The maximum atomic E-state index is 12.4. The number of carbonyl (C=O) groups excluding carboxylic acids is 1. The molecule has 0 aromatic carbocycles. The van der Waals surface area contributed by atoms with E-state index in [9.17, 15) is 4.79 Å². The van der Waals surface area contributed by atoms with Gasteiger partial charge in [0.05, 0.1) is 19.2 Å². The van der Waals surface area contributed by atoms with Crippen LogP contribution in [0, 0.1) is 0 Å². The van der Waals surface area contributed by atoms with Crippen LogP contribution in [0.5, 0.6) is 11.1 Å². The van der Waals surface area contributed by atoms with Crippen LogP contribution in [0.3, 0.4) is 0 Å². The van der Waals surface area contributed by atoms with Crippen LogP contribution in [0.15, 0.2) is 29.9 Å². The number of rotatable bonds is 4. The molecule has 0 aliphatic carbocycles. The molecule has 2 aromatic heterocycles. The van der Waals surface area contributed by atoms with Gasteiger partial charge in [-0.25, -0.2) is 9.97 Å². The topological polar surface area (TPSA) is 64.5 Å². The number of likely N-dealkylation sites (tertiary alicyclic amines) is 1. The smallest absolute Gasteiger partial charge is 0.273 e. The molecule has 1 atom stereocenters. The van der Waals surface area contributed by atoms with Crippen molar-refractivity contribution < 1.29 is 14.3 Å². The van der Waals surface area contributed by atoms with Crippen LogP contribution in [0.4, 0.5) is 0 Å². The zero-order valence-corrected chi connectivity index (χ0v) is 12.4. The van der Waals surface area contributed by atoms with Crippen molar-refractivity contribution in [1.82, 2.24) is 14.9 Å². The summed E-state index contributed by atoms with van der Waals surface area (Å²) in [4.78, 5) is 22.3. The predicted octanol–water partition coefficient (Wildman–Crippen LogP) is 1.84. The van der Waals surface area contributed by atoms with Crippen LogP contribution in [-0.2, 0) is 0 Å². The Morgan fingerprint density at radius 1 is 1.43 bits per heavy atom. The molecule has 0 bridgehead atoms. The zero-order chi connectivity index (χ0) is 14.7. The maximum absolute atomic E-state index is 12.4. The fraction of sp³-hybridized carbons (Fsp3) is 0.357. The van der Waals surface area contributed by atoms with Gasteiger partial charge in [-0.2, -0.15) is 0 Å². The molecule has 0 radical (unpaired) electrons. The van der Waals surface area contributed by atoms with Crippen LogP contribution in [0.25, 0.3) is 0 Å². The van der Waals surface area contributed by atoms with Crippen LogP contribution >= 0.6 is 11.3 Å². The maximum Gasteiger partial charge on any atom is 0.273 e. The van der Waals surface area contributed by atoms with Crippen LogP contribution < -0.4 is 9.47 Å². The summed E-state index contributed by atoms with van der Waals surface area (Å²) >= 11 is 1.46. The number of pyridine rings is 1. The van der Waals surface area contributed by atoms with Crippen LogP contribution in [0.1, 0.15) is 16.8 Å². The van der Waals surface area contributed by atoms with E-state index in [1.807, 2.05) is 5.38 Å². The van der Waals surface area contributed by atoms with Crippen LogP contribution in [0.2, 0.25) is 0 Å². The highest BCUT2D eigenvalue weighted by Gasteiger charge is 2.28. The Balaban J connectivity index is 1.60. The van der Waals surface area contributed by atoms with Crippen LogP contribution in [-0.4, -0.2) is 47.1 Å². The van der Waals surface area contributed by atoms with Crippen molar-refractivity contribution in [2.45, 2.75) is 12.5 Å². The summed E-state index contributed by atoms with van der Waals surface area (Å²) in [6, 6.07) is 3.41. The second-order valence-electron chi connectivity index (χ2n) is 4.67. The first-order valence-corrected chi connectivity index (χ1v) is 7.49. The van der Waals surface area contributed by atoms with E-state index in [1.165, 1.54) is 17.5 Å². The second-order valence-corrected chi connectivity index (χ2v) is 5.52. The van der Waals surface area contributed by atoms with Crippen molar-refractivity contribution in [1.29, 1.82) is 0 Å². The molecule has 1 aliphatic heterocycles. The van der Waals surface area contributed by atoms with Crippen molar-refractivity contribution in [3.8, 4) is 11.1 Å². The molecule has 1 fully saturated rings. The molecule has 3 rings (SSSR count). The Labute approximate surface area is 126 Å². The summed E-state index contributed by atoms with van der Waals surface area (Å²) in [7, 11) is 1.55. The number of hydrogen-bond donors (Lipinski definition) is 0. The average Bonchev–Trinajstić information content (AvgIpc) is 3.19. The van der Waals surface area contributed by atoms with Gasteiger partial charge >= 0.3 is 0 Å². The quantitative estimate of drug-likeness (QED) is 0.862. The largest absolute Gasteiger partial charge is 0.481 e. The zero-order valence-electron chi connectivity index (χ0n) is 11.6. The van der Waals surface area contributed by atoms with Gasteiger partial charge in [0.1, 0.15) is 6.10 Å². The van der Waals surface area contributed by atoms with E-state index in [1.54, 1.807) is 30.3 Å². The molecular formula is C14H15N3O3S. The number of amides is 1. The van der Waals surface area contributed by atoms with Crippen molar-refractivity contribution in [2.24, 2.45) is 0 Å². The fourth-order valence-corrected chi connectivity index (χ4v) is 2.78. The normalized spacial score (nSPS) is 17.8. The van der Waals surface area contributed by atoms with Gasteiger partial charge in [-0.15, -0.1) is 0 Å². The van der Waals surface area contributed by atoms with Gasteiger partial charge in [-0.1, -0.05) is 11.3 Å². The van der Waals surface area contributed by atoms with Crippen molar-refractivity contribution in [2.75, 3.05) is 20.2 Å². The summed E-state index contributed by atoms with van der Waals surface area (Å²) in [5, 5.41) is 2.52. The number of nitrogens with zero attached hydrogens (tertiary/aromatic N) is 3. The SMILES string of the molecule is COc1ccc(C(=O)N2CCC(Oc3nccs3)C2)cn1. The summed E-state index contributed by atoms with van der Waals surface area (Å²) < 4.78 is 10.7. The molecule has 6 nitrogen and oxygen atoms in total. The summed E-state index contributed by atoms with van der Waals surface area (Å²) in [5.74, 6) is 0.466. The van der Waals surface area contributed by atoms with Gasteiger partial charge in [0.25, 0.3) is 11.1 Å². The first-order valence-electron chi connectivity index (χ1n) is 6.62. The molecule has 110 valence electrons. The third-order valence-corrected chi connectivity index (χ3v) is 3.96. The summed E-state index contributed by atoms with van der Waals surface area (Å²) in [6.07, 6.45) is 4.07. The minimum Gasteiger partial charge on any atom is -0.481 e. The minimum absolute atomic E-state index is 0.00584. The first-order chi connectivity index (χ1) is 10.3. The Kier molecular flexibility index (Phi) is 4.01. The minimum atomic E-state index is -0.0320. The Morgan fingerprint density at radius 3 is 3.00 bits per heavy atom. The summed E-state index contributed by atoms with van der Waals surface area (Å²) in [6.45, 7) is 1.26. The molecule has 1 aliphatic rings. The lowest BCUT2D eigenvalue weighted by molar-refractivity contribution is 0.0772. The van der Waals surface area contributed by atoms with Gasteiger partial charge in [0, 0.05) is 36.8 Å². The van der Waals surface area contributed by atoms with Crippen molar-refractivity contribution in [3.05, 3.63) is 35.5 Å². The number of methoxy groups -OCH3 is 1. The predicted molar refractivity (Wildman–Crippen MR) is 77.8 cm³/mol. The molecule has 21 heavy (non-hydrogen) atoms. The lowest BCUT2D eigenvalue weighted by Gasteiger charge is -2.16. The average molecular weight is 305 g/mol. The third kappa shape index (κ3) is 3.13. The number of thiazole rings is 1. The van der Waals surface area contributed by atoms with Gasteiger partial charge in [0.15, 0.2) is 0 Å². The lowest BCUT2D eigenvalue weighted by atomic mass is 10.2. The molecule has 1 unspecified atom stereocenters. The summed E-state index contributed by atoms with van der Waals surface area (Å²) in [5.41, 5.74) is 0.561. The van der Waals surface area contributed by atoms with Gasteiger partial charge in [-0.3, -0.25) is 4.79 Å². The van der Waals surface area contributed by atoms with E-state index >= 15 is 0 Å². The molecule has 3 heterocycles. The third-order valence-electron chi connectivity index (χ3n) is 3.30. The van der Waals surface area contributed by atoms with E-state index in [0.29, 0.717) is 29.7 Å².